The highest BCUT2D eigenvalue weighted by atomic mass is 32.1. The normalized spacial score (nSPS) is 18.1. The first-order chi connectivity index (χ1) is 9.22. The summed E-state index contributed by atoms with van der Waals surface area (Å²) in [7, 11) is 0. The van der Waals surface area contributed by atoms with E-state index in [0.29, 0.717) is 6.61 Å². The lowest BCUT2D eigenvalue weighted by Crippen LogP contribution is -2.17. The predicted octanol–water partition coefficient (Wildman–Crippen LogP) is 3.37. The van der Waals surface area contributed by atoms with Crippen LogP contribution in [0.3, 0.4) is 0 Å². The fourth-order valence-corrected chi connectivity index (χ4v) is 3.15. The number of hydrogen-bond donors (Lipinski definition) is 1. The summed E-state index contributed by atoms with van der Waals surface area (Å²) in [5.74, 6) is 0.915. The molecule has 2 aromatic rings. The summed E-state index contributed by atoms with van der Waals surface area (Å²) in [6, 6.07) is 6.46. The van der Waals surface area contributed by atoms with Gasteiger partial charge in [-0.05, 0) is 49.4 Å². The van der Waals surface area contributed by atoms with E-state index in [1.54, 1.807) is 11.3 Å². The van der Waals surface area contributed by atoms with Gasteiger partial charge in [-0.15, -0.1) is 11.3 Å². The number of hydrogen-bond acceptors (Lipinski definition) is 4. The molecule has 0 saturated heterocycles. The van der Waals surface area contributed by atoms with Gasteiger partial charge in [0.05, 0.1) is 10.7 Å². The molecule has 1 heterocycles. The summed E-state index contributed by atoms with van der Waals surface area (Å²) >= 11 is 1.66. The van der Waals surface area contributed by atoms with E-state index in [1.807, 2.05) is 18.4 Å². The maximum atomic E-state index is 6.11. The van der Waals surface area contributed by atoms with Crippen LogP contribution in [0.25, 0.3) is 0 Å². The molecule has 1 aromatic carbocycles. The summed E-state index contributed by atoms with van der Waals surface area (Å²) < 4.78 is 5.81. The molecule has 100 valence electrons. The van der Waals surface area contributed by atoms with Crippen LogP contribution in [0.5, 0.6) is 5.75 Å². The van der Waals surface area contributed by atoms with Crippen LogP contribution in [0, 0.1) is 6.92 Å². The molecule has 1 unspecified atom stereocenters. The van der Waals surface area contributed by atoms with Gasteiger partial charge in [-0.25, -0.2) is 4.98 Å². The Labute approximate surface area is 117 Å². The van der Waals surface area contributed by atoms with Gasteiger partial charge < -0.3 is 10.5 Å². The van der Waals surface area contributed by atoms with Gasteiger partial charge in [-0.1, -0.05) is 6.07 Å². The number of aromatic nitrogens is 1. The van der Waals surface area contributed by atoms with Crippen molar-refractivity contribution in [1.29, 1.82) is 0 Å². The van der Waals surface area contributed by atoms with Gasteiger partial charge in [0, 0.05) is 11.4 Å². The summed E-state index contributed by atoms with van der Waals surface area (Å²) in [5, 5.41) is 3.12. The third-order valence-corrected chi connectivity index (χ3v) is 4.35. The standard InChI is InChI=1S/C15H18N2OS/c1-10-17-12(9-19-10)8-18-13-5-6-14-11(7-13)3-2-4-15(14)16/h5-7,9,15H,2-4,8,16H2,1H3. The lowest BCUT2D eigenvalue weighted by molar-refractivity contribution is 0.301. The average Bonchev–Trinajstić information content (AvgIpc) is 2.82. The third-order valence-electron chi connectivity index (χ3n) is 3.53. The van der Waals surface area contributed by atoms with Crippen molar-refractivity contribution < 1.29 is 4.74 Å². The zero-order chi connectivity index (χ0) is 13.2. The van der Waals surface area contributed by atoms with Gasteiger partial charge in [0.2, 0.25) is 0 Å². The number of nitrogens with two attached hydrogens (primary N) is 1. The van der Waals surface area contributed by atoms with Crippen LogP contribution in [0.4, 0.5) is 0 Å². The van der Waals surface area contributed by atoms with Crippen LogP contribution in [-0.4, -0.2) is 4.98 Å². The number of nitrogens with zero attached hydrogens (tertiary/aromatic N) is 1. The molecule has 0 radical (unpaired) electrons. The maximum absolute atomic E-state index is 6.11. The van der Waals surface area contributed by atoms with Crippen LogP contribution >= 0.6 is 11.3 Å². The third kappa shape index (κ3) is 2.80. The summed E-state index contributed by atoms with van der Waals surface area (Å²) in [4.78, 5) is 4.40. The molecule has 0 spiro atoms. The Hall–Kier alpha value is -1.39. The monoisotopic (exact) mass is 274 g/mol. The first kappa shape index (κ1) is 12.6. The van der Waals surface area contributed by atoms with Crippen molar-refractivity contribution in [1.82, 2.24) is 4.98 Å². The molecule has 0 amide bonds. The first-order valence-corrected chi connectivity index (χ1v) is 7.52. The lowest BCUT2D eigenvalue weighted by Gasteiger charge is -2.22. The topological polar surface area (TPSA) is 48.1 Å². The molecular formula is C15H18N2OS. The van der Waals surface area contributed by atoms with Crippen molar-refractivity contribution in [3.8, 4) is 5.75 Å². The van der Waals surface area contributed by atoms with Gasteiger partial charge in [-0.2, -0.15) is 0 Å². The lowest BCUT2D eigenvalue weighted by atomic mass is 9.88. The van der Waals surface area contributed by atoms with Crippen LogP contribution < -0.4 is 10.5 Å². The Morgan fingerprint density at radius 2 is 2.37 bits per heavy atom. The largest absolute Gasteiger partial charge is 0.487 e. The molecular weight excluding hydrogens is 256 g/mol. The highest BCUT2D eigenvalue weighted by molar-refractivity contribution is 7.09. The Kier molecular flexibility index (Phi) is 3.53. The molecule has 2 N–H and O–H groups in total. The second-order valence-corrected chi connectivity index (χ2v) is 6.07. The summed E-state index contributed by atoms with van der Waals surface area (Å²) in [6.45, 7) is 2.55. The fraction of sp³-hybridized carbons (Fsp3) is 0.400. The summed E-state index contributed by atoms with van der Waals surface area (Å²) in [5.41, 5.74) is 9.73. The number of thiazole rings is 1. The minimum atomic E-state index is 0.194. The maximum Gasteiger partial charge on any atom is 0.131 e. The molecule has 0 bridgehead atoms. The first-order valence-electron chi connectivity index (χ1n) is 6.64. The molecule has 3 nitrogen and oxygen atoms in total. The van der Waals surface area contributed by atoms with E-state index in [9.17, 15) is 0 Å². The van der Waals surface area contributed by atoms with Crippen molar-refractivity contribution in [2.75, 3.05) is 0 Å². The van der Waals surface area contributed by atoms with Crippen LogP contribution in [-0.2, 0) is 13.0 Å². The molecule has 4 heteroatoms. The minimum Gasteiger partial charge on any atom is -0.487 e. The number of rotatable bonds is 3. The van der Waals surface area contributed by atoms with Gasteiger partial charge in [0.1, 0.15) is 12.4 Å². The summed E-state index contributed by atoms with van der Waals surface area (Å²) in [6.07, 6.45) is 3.37. The second kappa shape index (κ2) is 5.31. The van der Waals surface area contributed by atoms with Gasteiger partial charge in [0.25, 0.3) is 0 Å². The smallest absolute Gasteiger partial charge is 0.131 e. The second-order valence-electron chi connectivity index (χ2n) is 5.01. The van der Waals surface area contributed by atoms with Gasteiger partial charge >= 0.3 is 0 Å². The van der Waals surface area contributed by atoms with Crippen molar-refractivity contribution in [2.24, 2.45) is 5.73 Å². The molecule has 1 aliphatic carbocycles. The van der Waals surface area contributed by atoms with Crippen LogP contribution in [0.1, 0.15) is 40.7 Å². The molecule has 0 saturated carbocycles. The number of aryl methyl sites for hydroxylation is 2. The fourth-order valence-electron chi connectivity index (χ4n) is 2.55. The van der Waals surface area contributed by atoms with E-state index >= 15 is 0 Å². The molecule has 1 aromatic heterocycles. The Morgan fingerprint density at radius 1 is 1.47 bits per heavy atom. The Bertz CT molecular complexity index is 579. The van der Waals surface area contributed by atoms with Crippen molar-refractivity contribution in [3.63, 3.8) is 0 Å². The number of ether oxygens (including phenoxy) is 1. The minimum absolute atomic E-state index is 0.194. The molecule has 0 fully saturated rings. The number of fused-ring (bicyclic) bond motifs is 1. The quantitative estimate of drug-likeness (QED) is 0.933. The molecule has 19 heavy (non-hydrogen) atoms. The van der Waals surface area contributed by atoms with Gasteiger partial charge in [0.15, 0.2) is 0 Å². The van der Waals surface area contributed by atoms with Gasteiger partial charge in [-0.3, -0.25) is 0 Å². The zero-order valence-corrected chi connectivity index (χ0v) is 11.9. The average molecular weight is 274 g/mol. The molecule has 1 atom stereocenters. The number of benzene rings is 1. The Balaban J connectivity index is 1.72. The predicted molar refractivity (Wildman–Crippen MR) is 77.5 cm³/mol. The van der Waals surface area contributed by atoms with Crippen molar-refractivity contribution >= 4 is 11.3 Å². The van der Waals surface area contributed by atoms with E-state index in [-0.39, 0.29) is 6.04 Å². The van der Waals surface area contributed by atoms with Crippen LogP contribution in [0.2, 0.25) is 0 Å². The van der Waals surface area contributed by atoms with E-state index in [2.05, 4.69) is 17.1 Å². The SMILES string of the molecule is Cc1nc(COc2ccc3c(c2)CCCC3N)cs1. The Morgan fingerprint density at radius 3 is 3.16 bits per heavy atom. The van der Waals surface area contributed by atoms with E-state index in [4.69, 9.17) is 10.5 Å². The van der Waals surface area contributed by atoms with E-state index < -0.39 is 0 Å². The van der Waals surface area contributed by atoms with Crippen molar-refractivity contribution in [2.45, 2.75) is 38.8 Å². The zero-order valence-electron chi connectivity index (χ0n) is 11.1. The van der Waals surface area contributed by atoms with Crippen molar-refractivity contribution in [3.05, 3.63) is 45.4 Å². The van der Waals surface area contributed by atoms with E-state index in [1.165, 1.54) is 17.5 Å². The molecule has 0 aliphatic heterocycles. The highest BCUT2D eigenvalue weighted by Gasteiger charge is 2.17. The molecule has 3 rings (SSSR count). The highest BCUT2D eigenvalue weighted by Crippen LogP contribution is 2.30. The molecule has 1 aliphatic rings. The van der Waals surface area contributed by atoms with E-state index in [0.717, 1.165) is 29.3 Å². The van der Waals surface area contributed by atoms with Crippen LogP contribution in [0.15, 0.2) is 23.6 Å².